The molecule has 5 heterocycles. The number of thioether (sulfide) groups is 1. The van der Waals surface area contributed by atoms with Gasteiger partial charge in [-0.05, 0) is 221 Å². The molecular weight excluding hydrogens is 911 g/mol. The normalized spacial score (nSPS) is 13.1. The van der Waals surface area contributed by atoms with Crippen molar-refractivity contribution >= 4 is 63.4 Å². The van der Waals surface area contributed by atoms with E-state index in [4.69, 9.17) is 9.97 Å². The lowest BCUT2D eigenvalue weighted by Gasteiger charge is -2.13. The van der Waals surface area contributed by atoms with Gasteiger partial charge < -0.3 is 15.3 Å². The summed E-state index contributed by atoms with van der Waals surface area (Å²) in [4.78, 5) is 32.5. The molecular formula is C66H54N5OS. The number of fused-ring (bicyclic) bond motifs is 8. The number of H-pyrrole nitrogens is 2. The standard InChI is InChI=1S/C66H54N5OS/c1-8-67-66(72)73-51-25-23-50(24-26-51)63-54-29-33-58(70-54)64(60-41(4)35-39(2)36-42(60)5)56-31-27-52(68-56)62(49-21-17-46(18-22-49)14-13-45-15-19-48(20-16-45)47-11-9-10-12-47)53-28-32-57(69-53)65(59-34-30-55(63)71-59)61-43(6)37-40(3)38-44(61)7/h9-12,15-38,70-71H,8H2,1-7H3,(H,67,72). The first-order chi connectivity index (χ1) is 35.5. The van der Waals surface area contributed by atoms with Gasteiger partial charge in [-0.25, -0.2) is 9.97 Å². The highest BCUT2D eigenvalue weighted by atomic mass is 32.2. The Labute approximate surface area is 433 Å². The van der Waals surface area contributed by atoms with Crippen molar-refractivity contribution in [1.82, 2.24) is 25.3 Å². The fourth-order valence-corrected chi connectivity index (χ4v) is 11.3. The number of hydrogen-bond donors (Lipinski definition) is 3. The van der Waals surface area contributed by atoms with Crippen LogP contribution < -0.4 is 5.32 Å². The van der Waals surface area contributed by atoms with Crippen LogP contribution in [-0.4, -0.2) is 31.7 Å². The second kappa shape index (κ2) is 19.9. The maximum atomic E-state index is 12.6. The number of benzene rings is 5. The highest BCUT2D eigenvalue weighted by Gasteiger charge is 2.23. The molecule has 1 aliphatic carbocycles. The van der Waals surface area contributed by atoms with Crippen molar-refractivity contribution in [2.45, 2.75) is 53.4 Å². The van der Waals surface area contributed by atoms with Gasteiger partial charge in [0.15, 0.2) is 0 Å². The highest BCUT2D eigenvalue weighted by Crippen LogP contribution is 2.42. The van der Waals surface area contributed by atoms with Gasteiger partial charge in [0.2, 0.25) is 0 Å². The molecule has 8 aromatic rings. The van der Waals surface area contributed by atoms with Gasteiger partial charge in [-0.2, -0.15) is 0 Å². The fourth-order valence-electron chi connectivity index (χ4n) is 10.6. The Morgan fingerprint density at radius 2 is 0.863 bits per heavy atom. The molecule has 11 rings (SSSR count). The summed E-state index contributed by atoms with van der Waals surface area (Å²) < 4.78 is 0. The number of carbonyl (C=O) groups excluding carboxylic acids is 1. The largest absolute Gasteiger partial charge is 0.354 e. The molecule has 73 heavy (non-hydrogen) atoms. The van der Waals surface area contributed by atoms with Gasteiger partial charge in [0.25, 0.3) is 5.24 Å². The van der Waals surface area contributed by atoms with Gasteiger partial charge >= 0.3 is 0 Å². The number of hydrogen-bond acceptors (Lipinski definition) is 4. The van der Waals surface area contributed by atoms with Crippen LogP contribution in [0.15, 0.2) is 126 Å². The van der Waals surface area contributed by atoms with Crippen molar-refractivity contribution in [3.05, 3.63) is 226 Å². The predicted octanol–water partition coefficient (Wildman–Crippen LogP) is 16.1. The molecule has 7 heteroatoms. The van der Waals surface area contributed by atoms with E-state index in [9.17, 15) is 4.79 Å². The number of rotatable bonds is 7. The first kappa shape index (κ1) is 47.4. The number of carbonyl (C=O) groups is 1. The van der Waals surface area contributed by atoms with Crippen molar-refractivity contribution in [1.29, 1.82) is 0 Å². The third kappa shape index (κ3) is 9.52. The van der Waals surface area contributed by atoms with Crippen LogP contribution >= 0.6 is 11.8 Å². The lowest BCUT2D eigenvalue weighted by atomic mass is 9.92. The number of aryl methyl sites for hydroxylation is 6. The molecule has 5 radical (unpaired) electrons. The van der Waals surface area contributed by atoms with Crippen LogP contribution in [0.4, 0.5) is 4.79 Å². The molecule has 355 valence electrons. The van der Waals surface area contributed by atoms with Gasteiger partial charge in [-0.1, -0.05) is 83.6 Å². The van der Waals surface area contributed by atoms with E-state index in [-0.39, 0.29) is 5.24 Å². The zero-order chi connectivity index (χ0) is 50.3. The summed E-state index contributed by atoms with van der Waals surface area (Å²) in [6.45, 7) is 15.6. The van der Waals surface area contributed by atoms with Crippen LogP contribution in [0.3, 0.4) is 0 Å². The molecule has 8 bridgehead atoms. The summed E-state index contributed by atoms with van der Waals surface area (Å²) >= 11 is 1.20. The third-order valence-corrected chi connectivity index (χ3v) is 14.5. The monoisotopic (exact) mass is 964 g/mol. The fraction of sp³-hybridized carbons (Fsp3) is 0.121. The molecule has 5 aromatic carbocycles. The van der Waals surface area contributed by atoms with Crippen LogP contribution in [0.25, 0.3) is 90.9 Å². The topological polar surface area (TPSA) is 86.5 Å². The third-order valence-electron chi connectivity index (χ3n) is 13.7. The lowest BCUT2D eigenvalue weighted by molar-refractivity contribution is 0.261. The van der Waals surface area contributed by atoms with E-state index in [1.165, 1.54) is 56.6 Å². The average Bonchev–Trinajstić information content (AvgIpc) is 4.25. The van der Waals surface area contributed by atoms with Gasteiger partial charge in [0, 0.05) is 72.8 Å². The van der Waals surface area contributed by atoms with E-state index >= 15 is 0 Å². The molecule has 3 aliphatic rings. The van der Waals surface area contributed by atoms with Crippen LogP contribution in [0, 0.1) is 85.0 Å². The first-order valence-corrected chi connectivity index (χ1v) is 25.6. The Balaban J connectivity index is 1.16. The molecule has 3 N–H and O–H groups in total. The molecule has 0 saturated heterocycles. The second-order valence-corrected chi connectivity index (χ2v) is 20.1. The van der Waals surface area contributed by atoms with E-state index < -0.39 is 0 Å². The van der Waals surface area contributed by atoms with Crippen LogP contribution in [-0.2, 0) is 0 Å². The van der Waals surface area contributed by atoms with Gasteiger partial charge in [0.1, 0.15) is 0 Å². The Hall–Kier alpha value is -7.92. The molecule has 1 amide bonds. The van der Waals surface area contributed by atoms with Crippen LogP contribution in [0.1, 0.15) is 79.8 Å². The smallest absolute Gasteiger partial charge is 0.283 e. The van der Waals surface area contributed by atoms with Gasteiger partial charge in [0.05, 0.1) is 22.8 Å². The summed E-state index contributed by atoms with van der Waals surface area (Å²) in [5, 5.41) is 2.83. The molecule has 0 unspecified atom stereocenters. The zero-order valence-corrected chi connectivity index (χ0v) is 42.9. The summed E-state index contributed by atoms with van der Waals surface area (Å²) in [6, 6.07) is 42.9. The number of nitrogens with one attached hydrogen (secondary N) is 3. The number of amides is 1. The summed E-state index contributed by atoms with van der Waals surface area (Å²) in [5.41, 5.74) is 25.6. The maximum absolute atomic E-state index is 12.6. The van der Waals surface area contributed by atoms with E-state index in [0.29, 0.717) is 6.54 Å². The maximum Gasteiger partial charge on any atom is 0.283 e. The molecule has 1 saturated carbocycles. The summed E-state index contributed by atoms with van der Waals surface area (Å²) in [6.07, 6.45) is 16.9. The van der Waals surface area contributed by atoms with Crippen molar-refractivity contribution in [3.8, 4) is 56.3 Å². The zero-order valence-electron chi connectivity index (χ0n) is 42.1. The minimum absolute atomic E-state index is 0.0746. The van der Waals surface area contributed by atoms with E-state index in [1.54, 1.807) is 0 Å². The SMILES string of the molecule is CCNC(=O)Sc1ccc(-c2c3ccc([nH]3)c(-c3c(C)cc(C)cc3C)c3nc(c(-c4ccc(C#Cc5ccc([C]6[CH][CH][CH][CH]6)cc5)cc4)c4nc(c(-c5c(C)cc(C)cc5C)c5ccc2[nH]5)C=C4)C=C3)cc1. The van der Waals surface area contributed by atoms with Crippen molar-refractivity contribution in [2.24, 2.45) is 0 Å². The summed E-state index contributed by atoms with van der Waals surface area (Å²) in [7, 11) is 0. The molecule has 6 nitrogen and oxygen atoms in total. The number of aromatic amines is 2. The quantitative estimate of drug-likeness (QED) is 0.110. The van der Waals surface area contributed by atoms with Crippen molar-refractivity contribution in [2.75, 3.05) is 6.54 Å². The molecule has 0 atom stereocenters. The number of nitrogens with zero attached hydrogens (tertiary/aromatic N) is 2. The average molecular weight is 965 g/mol. The highest BCUT2D eigenvalue weighted by molar-refractivity contribution is 8.13. The van der Waals surface area contributed by atoms with E-state index in [0.717, 1.165) is 105 Å². The minimum Gasteiger partial charge on any atom is -0.354 e. The minimum atomic E-state index is -0.0746. The van der Waals surface area contributed by atoms with Crippen LogP contribution in [0.2, 0.25) is 0 Å². The van der Waals surface area contributed by atoms with Crippen molar-refractivity contribution < 1.29 is 4.79 Å². The molecule has 2 aliphatic heterocycles. The summed E-state index contributed by atoms with van der Waals surface area (Å²) in [5.74, 6) is 8.00. The van der Waals surface area contributed by atoms with E-state index in [1.807, 2.05) is 19.1 Å². The molecule has 0 spiro atoms. The predicted molar refractivity (Wildman–Crippen MR) is 306 cm³/mol. The van der Waals surface area contributed by atoms with Crippen LogP contribution in [0.5, 0.6) is 0 Å². The number of aromatic nitrogens is 4. The lowest BCUT2D eigenvalue weighted by Crippen LogP contribution is -2.16. The molecule has 1 fully saturated rings. The van der Waals surface area contributed by atoms with Gasteiger partial charge in [-0.3, -0.25) is 4.79 Å². The first-order valence-electron chi connectivity index (χ1n) is 24.8. The molecule has 3 aromatic heterocycles. The Kier molecular flexibility index (Phi) is 12.9. The Morgan fingerprint density at radius 3 is 1.30 bits per heavy atom. The van der Waals surface area contributed by atoms with E-state index in [2.05, 4.69) is 228 Å². The Morgan fingerprint density at radius 1 is 0.479 bits per heavy atom. The Bertz CT molecular complexity index is 3590. The second-order valence-electron chi connectivity index (χ2n) is 19.1. The van der Waals surface area contributed by atoms with Gasteiger partial charge in [-0.15, -0.1) is 0 Å². The van der Waals surface area contributed by atoms with Crippen molar-refractivity contribution in [3.63, 3.8) is 0 Å².